The largest absolute Gasteiger partial charge is 0.334 e. The third-order valence-electron chi connectivity index (χ3n) is 6.26. The Labute approximate surface area is 208 Å². The van der Waals surface area contributed by atoms with Gasteiger partial charge in [-0.05, 0) is 47.2 Å². The number of aromatic nitrogens is 9. The number of nitrogens with zero attached hydrogens (tertiary/aromatic N) is 8. The number of hydrogen-bond donors (Lipinski definition) is 1. The van der Waals surface area contributed by atoms with Gasteiger partial charge in [0, 0.05) is 42.5 Å². The summed E-state index contributed by atoms with van der Waals surface area (Å²) in [5, 5.41) is 18.6. The summed E-state index contributed by atoms with van der Waals surface area (Å²) in [6.45, 7) is 5.46. The molecule has 0 radical (unpaired) electrons. The fraction of sp³-hybridized carbons (Fsp3) is 0.308. The van der Waals surface area contributed by atoms with Crippen LogP contribution in [0.1, 0.15) is 44.4 Å². The number of rotatable bonds is 10. The van der Waals surface area contributed by atoms with Gasteiger partial charge in [-0.3, -0.25) is 14.1 Å². The molecule has 4 heterocycles. The second-order valence-corrected chi connectivity index (χ2v) is 8.72. The Morgan fingerprint density at radius 3 is 2.56 bits per heavy atom. The number of hydrogen-bond acceptors (Lipinski definition) is 6. The lowest BCUT2D eigenvalue weighted by Gasteiger charge is -2.12. The number of aryl methyl sites for hydroxylation is 2. The van der Waals surface area contributed by atoms with E-state index in [0.717, 1.165) is 66.0 Å². The molecule has 5 aromatic rings. The molecule has 10 nitrogen and oxygen atoms in total. The van der Waals surface area contributed by atoms with Crippen molar-refractivity contribution in [1.29, 1.82) is 0 Å². The minimum Gasteiger partial charge on any atom is -0.291 e. The van der Waals surface area contributed by atoms with Crippen LogP contribution in [0.15, 0.2) is 66.0 Å². The molecule has 0 amide bonds. The smallest absolute Gasteiger partial charge is 0.291 e. The van der Waals surface area contributed by atoms with Gasteiger partial charge in [-0.15, -0.1) is 10.2 Å². The zero-order chi connectivity index (χ0) is 24.9. The molecule has 10 heteroatoms. The summed E-state index contributed by atoms with van der Waals surface area (Å²) in [7, 11) is 0. The average molecular weight is 484 g/mol. The normalized spacial score (nSPS) is 11.3. The van der Waals surface area contributed by atoms with Crippen LogP contribution in [0.3, 0.4) is 0 Å². The van der Waals surface area contributed by atoms with Gasteiger partial charge in [0.05, 0.1) is 12.7 Å². The highest BCUT2D eigenvalue weighted by Crippen LogP contribution is 2.26. The van der Waals surface area contributed by atoms with E-state index in [4.69, 9.17) is 0 Å². The van der Waals surface area contributed by atoms with Gasteiger partial charge in [0.1, 0.15) is 5.82 Å². The summed E-state index contributed by atoms with van der Waals surface area (Å²) in [5.41, 5.74) is 4.85. The van der Waals surface area contributed by atoms with E-state index in [1.807, 2.05) is 58.0 Å². The van der Waals surface area contributed by atoms with Crippen molar-refractivity contribution in [1.82, 2.24) is 44.5 Å². The number of unbranched alkanes of at least 4 members (excludes halogenated alkanes) is 1. The zero-order valence-electron chi connectivity index (χ0n) is 20.5. The number of nitrogens with one attached hydrogen (secondary N) is 1. The summed E-state index contributed by atoms with van der Waals surface area (Å²) in [6.07, 6.45) is 11.2. The molecule has 0 aliphatic carbocycles. The SMILES string of the molecule is CCCCc1cn(-c2ccnn2CCC)c(=O)n1Cc1cnccc1-c1ccc(-c2nn[nH]n2)cc1. The van der Waals surface area contributed by atoms with Gasteiger partial charge >= 0.3 is 5.69 Å². The molecule has 1 aromatic carbocycles. The number of aromatic amines is 1. The molecule has 184 valence electrons. The van der Waals surface area contributed by atoms with Gasteiger partial charge in [-0.25, -0.2) is 9.48 Å². The third kappa shape index (κ3) is 4.61. The second-order valence-electron chi connectivity index (χ2n) is 8.72. The molecule has 0 aliphatic rings. The lowest BCUT2D eigenvalue weighted by atomic mass is 10.00. The van der Waals surface area contributed by atoms with Crippen LogP contribution in [0.4, 0.5) is 0 Å². The predicted molar refractivity (Wildman–Crippen MR) is 137 cm³/mol. The van der Waals surface area contributed by atoms with Crippen LogP contribution in [-0.4, -0.2) is 44.5 Å². The van der Waals surface area contributed by atoms with Gasteiger partial charge in [0.25, 0.3) is 0 Å². The van der Waals surface area contributed by atoms with Crippen molar-refractivity contribution < 1.29 is 0 Å². The number of benzene rings is 1. The van der Waals surface area contributed by atoms with Crippen LogP contribution in [0.25, 0.3) is 28.3 Å². The highest BCUT2D eigenvalue weighted by Gasteiger charge is 2.17. The first kappa shape index (κ1) is 23.4. The molecule has 0 fully saturated rings. The molecule has 0 saturated heterocycles. The van der Waals surface area contributed by atoms with Crippen LogP contribution in [0.5, 0.6) is 0 Å². The Hall–Kier alpha value is -4.34. The molecule has 0 atom stereocenters. The van der Waals surface area contributed by atoms with E-state index >= 15 is 0 Å². The first-order valence-electron chi connectivity index (χ1n) is 12.3. The maximum Gasteiger partial charge on any atom is 0.334 e. The first-order valence-corrected chi connectivity index (χ1v) is 12.3. The monoisotopic (exact) mass is 483 g/mol. The minimum absolute atomic E-state index is 0.0683. The standard InChI is InChI=1S/C26H29N9O/c1-3-5-6-22-18-34(24-12-14-28-35(24)15-4-2)26(36)33(22)17-21-16-27-13-11-23(21)19-7-9-20(10-8-19)25-29-31-32-30-25/h7-14,16,18H,3-6,15,17H2,1-2H3,(H,29,30,31,32). The Bertz CT molecular complexity index is 1480. The maximum atomic E-state index is 13.7. The predicted octanol–water partition coefficient (Wildman–Crippen LogP) is 3.88. The van der Waals surface area contributed by atoms with Crippen molar-refractivity contribution in [2.24, 2.45) is 0 Å². The summed E-state index contributed by atoms with van der Waals surface area (Å²) >= 11 is 0. The van der Waals surface area contributed by atoms with E-state index in [-0.39, 0.29) is 5.69 Å². The molecular formula is C26H29N9O. The summed E-state index contributed by atoms with van der Waals surface area (Å²) < 4.78 is 5.48. The second kappa shape index (κ2) is 10.5. The van der Waals surface area contributed by atoms with E-state index < -0.39 is 0 Å². The zero-order valence-corrected chi connectivity index (χ0v) is 20.5. The van der Waals surface area contributed by atoms with Gasteiger partial charge in [0.15, 0.2) is 0 Å². The number of H-pyrrole nitrogens is 1. The number of pyridine rings is 1. The van der Waals surface area contributed by atoms with Crippen LogP contribution < -0.4 is 5.69 Å². The highest BCUT2D eigenvalue weighted by atomic mass is 16.1. The Morgan fingerprint density at radius 1 is 0.972 bits per heavy atom. The van der Waals surface area contributed by atoms with E-state index in [9.17, 15) is 4.79 Å². The van der Waals surface area contributed by atoms with Crippen LogP contribution in [-0.2, 0) is 19.5 Å². The van der Waals surface area contributed by atoms with Crippen molar-refractivity contribution in [2.45, 2.75) is 52.6 Å². The number of tetrazole rings is 1. The van der Waals surface area contributed by atoms with E-state index in [0.29, 0.717) is 12.4 Å². The van der Waals surface area contributed by atoms with Gasteiger partial charge in [-0.2, -0.15) is 10.3 Å². The molecule has 0 unspecified atom stereocenters. The quantitative estimate of drug-likeness (QED) is 0.323. The molecule has 0 saturated carbocycles. The molecule has 4 aromatic heterocycles. The Kier molecular flexibility index (Phi) is 6.83. The Balaban J connectivity index is 1.52. The summed E-state index contributed by atoms with van der Waals surface area (Å²) in [6, 6.07) is 11.9. The van der Waals surface area contributed by atoms with Crippen LogP contribution in [0, 0.1) is 0 Å². The molecule has 36 heavy (non-hydrogen) atoms. The molecular weight excluding hydrogens is 454 g/mol. The van der Waals surface area contributed by atoms with Gasteiger partial charge in [0.2, 0.25) is 5.82 Å². The topological polar surface area (TPSA) is 112 Å². The molecule has 0 bridgehead atoms. The minimum atomic E-state index is -0.0683. The van der Waals surface area contributed by atoms with Crippen molar-refractivity contribution in [3.8, 4) is 28.3 Å². The van der Waals surface area contributed by atoms with E-state index in [1.165, 1.54) is 0 Å². The molecule has 0 aliphatic heterocycles. The fourth-order valence-corrected chi connectivity index (χ4v) is 4.42. The lowest BCUT2D eigenvalue weighted by Crippen LogP contribution is -2.26. The van der Waals surface area contributed by atoms with Crippen LogP contribution >= 0.6 is 0 Å². The maximum absolute atomic E-state index is 13.7. The summed E-state index contributed by atoms with van der Waals surface area (Å²) in [5.74, 6) is 1.34. The van der Waals surface area contributed by atoms with Gasteiger partial charge < -0.3 is 0 Å². The Morgan fingerprint density at radius 2 is 1.81 bits per heavy atom. The highest BCUT2D eigenvalue weighted by molar-refractivity contribution is 5.69. The van der Waals surface area contributed by atoms with Crippen molar-refractivity contribution in [2.75, 3.05) is 0 Å². The van der Waals surface area contributed by atoms with Crippen molar-refractivity contribution >= 4 is 0 Å². The molecule has 5 rings (SSSR count). The van der Waals surface area contributed by atoms with Gasteiger partial charge in [-0.1, -0.05) is 44.5 Å². The van der Waals surface area contributed by atoms with E-state index in [1.54, 1.807) is 17.0 Å². The number of imidazole rings is 1. The lowest BCUT2D eigenvalue weighted by molar-refractivity contribution is 0.581. The first-order chi connectivity index (χ1) is 17.7. The van der Waals surface area contributed by atoms with E-state index in [2.05, 4.69) is 44.6 Å². The third-order valence-corrected chi connectivity index (χ3v) is 6.26. The molecule has 1 N–H and O–H groups in total. The van der Waals surface area contributed by atoms with Crippen molar-refractivity contribution in [3.05, 3.63) is 82.9 Å². The fourth-order valence-electron chi connectivity index (χ4n) is 4.42. The average Bonchev–Trinajstić information content (AvgIpc) is 3.66. The van der Waals surface area contributed by atoms with Crippen molar-refractivity contribution in [3.63, 3.8) is 0 Å². The summed E-state index contributed by atoms with van der Waals surface area (Å²) in [4.78, 5) is 18.1. The van der Waals surface area contributed by atoms with Crippen LogP contribution in [0.2, 0.25) is 0 Å². The molecule has 0 spiro atoms.